The quantitative estimate of drug-likeness (QED) is 0.751. The maximum absolute atomic E-state index is 12.5. The number of aryl methyl sites for hydroxylation is 1. The van der Waals surface area contributed by atoms with Crippen LogP contribution in [-0.4, -0.2) is 25.5 Å². The summed E-state index contributed by atoms with van der Waals surface area (Å²) in [5.41, 5.74) is 6.53. The first-order valence-electron chi connectivity index (χ1n) is 6.37. The van der Waals surface area contributed by atoms with Crippen LogP contribution in [0.5, 0.6) is 0 Å². The monoisotopic (exact) mass is 283 g/mol. The summed E-state index contributed by atoms with van der Waals surface area (Å²) in [5, 5.41) is 9.01. The number of nitrogens with two attached hydrogens (primary N) is 1. The second-order valence-electron chi connectivity index (χ2n) is 4.67. The van der Waals surface area contributed by atoms with Gasteiger partial charge < -0.3 is 5.73 Å². The van der Waals surface area contributed by atoms with Crippen LogP contribution in [0.15, 0.2) is 41.3 Å². The Balaban J connectivity index is 2.32. The fourth-order valence-electron chi connectivity index (χ4n) is 2.24. The van der Waals surface area contributed by atoms with E-state index in [9.17, 15) is 9.59 Å². The lowest BCUT2D eigenvalue weighted by molar-refractivity contribution is -0.118. The number of fused-ring (bicyclic) bond motifs is 1. The van der Waals surface area contributed by atoms with Gasteiger partial charge in [-0.05, 0) is 19.1 Å². The number of nitrogens with zero attached hydrogens (tertiary/aromatic N) is 4. The van der Waals surface area contributed by atoms with Crippen molar-refractivity contribution in [1.82, 2.24) is 19.6 Å². The predicted octanol–water partition coefficient (Wildman–Crippen LogP) is 0.376. The number of carbonyl (C=O) groups is 1. The fraction of sp³-hybridized carbons (Fsp3) is 0.143. The van der Waals surface area contributed by atoms with E-state index in [-0.39, 0.29) is 6.54 Å². The van der Waals surface area contributed by atoms with Crippen LogP contribution in [0.3, 0.4) is 0 Å². The van der Waals surface area contributed by atoms with Crippen LogP contribution < -0.4 is 11.3 Å². The van der Waals surface area contributed by atoms with Gasteiger partial charge in [0.2, 0.25) is 5.91 Å². The second-order valence-corrected chi connectivity index (χ2v) is 4.67. The van der Waals surface area contributed by atoms with Crippen molar-refractivity contribution >= 4 is 16.8 Å². The van der Waals surface area contributed by atoms with E-state index in [1.165, 1.54) is 0 Å². The summed E-state index contributed by atoms with van der Waals surface area (Å²) in [6.07, 6.45) is 1.60. The standard InChI is InChI=1S/C14H13N5O2/c1-9-11-7-16-19(10-5-3-2-4-6-10)13(11)14(21)18(17-9)8-12(15)20/h2-7H,8H2,1H3,(H2,15,20). The highest BCUT2D eigenvalue weighted by Gasteiger charge is 2.15. The van der Waals surface area contributed by atoms with E-state index in [1.807, 2.05) is 30.3 Å². The summed E-state index contributed by atoms with van der Waals surface area (Å²) in [4.78, 5) is 23.6. The van der Waals surface area contributed by atoms with E-state index in [2.05, 4.69) is 10.2 Å². The molecule has 7 heteroatoms. The van der Waals surface area contributed by atoms with E-state index in [4.69, 9.17) is 5.73 Å². The first-order valence-corrected chi connectivity index (χ1v) is 6.37. The Morgan fingerprint density at radius 2 is 2.00 bits per heavy atom. The number of aromatic nitrogens is 4. The minimum atomic E-state index is -0.617. The number of para-hydroxylation sites is 1. The number of benzene rings is 1. The summed E-state index contributed by atoms with van der Waals surface area (Å²) >= 11 is 0. The molecule has 0 saturated carbocycles. The largest absolute Gasteiger partial charge is 0.368 e. The molecule has 2 aromatic heterocycles. The third kappa shape index (κ3) is 2.18. The van der Waals surface area contributed by atoms with Crippen molar-refractivity contribution in [2.45, 2.75) is 13.5 Å². The Kier molecular flexibility index (Phi) is 3.02. The molecule has 0 aliphatic rings. The molecule has 2 heterocycles. The molecule has 0 bridgehead atoms. The molecule has 0 unspecified atom stereocenters. The summed E-state index contributed by atoms with van der Waals surface area (Å²) in [7, 11) is 0. The molecule has 1 amide bonds. The highest BCUT2D eigenvalue weighted by molar-refractivity contribution is 5.81. The van der Waals surface area contributed by atoms with E-state index >= 15 is 0 Å². The van der Waals surface area contributed by atoms with Gasteiger partial charge in [-0.1, -0.05) is 18.2 Å². The Bertz CT molecular complexity index is 880. The molecule has 0 spiro atoms. The zero-order valence-corrected chi connectivity index (χ0v) is 11.4. The molecule has 3 aromatic rings. The maximum Gasteiger partial charge on any atom is 0.293 e. The van der Waals surface area contributed by atoms with Gasteiger partial charge in [-0.2, -0.15) is 10.2 Å². The first kappa shape index (κ1) is 13.0. The lowest BCUT2D eigenvalue weighted by Crippen LogP contribution is -2.31. The van der Waals surface area contributed by atoms with Gasteiger partial charge in [0.1, 0.15) is 12.1 Å². The molecule has 21 heavy (non-hydrogen) atoms. The molecule has 0 saturated heterocycles. The predicted molar refractivity (Wildman–Crippen MR) is 77.1 cm³/mol. The minimum absolute atomic E-state index is 0.254. The van der Waals surface area contributed by atoms with Crippen molar-refractivity contribution in [1.29, 1.82) is 0 Å². The number of hydrogen-bond acceptors (Lipinski definition) is 4. The third-order valence-electron chi connectivity index (χ3n) is 3.17. The van der Waals surface area contributed by atoms with Crippen molar-refractivity contribution in [3.05, 3.63) is 52.6 Å². The van der Waals surface area contributed by atoms with Gasteiger partial charge in [-0.25, -0.2) is 9.36 Å². The number of hydrogen-bond donors (Lipinski definition) is 1. The molecule has 106 valence electrons. The molecule has 0 aliphatic carbocycles. The second kappa shape index (κ2) is 4.86. The maximum atomic E-state index is 12.5. The minimum Gasteiger partial charge on any atom is -0.368 e. The number of carbonyl (C=O) groups excluding carboxylic acids is 1. The number of rotatable bonds is 3. The smallest absolute Gasteiger partial charge is 0.293 e. The Labute approximate surface area is 119 Å². The van der Waals surface area contributed by atoms with Gasteiger partial charge in [0.25, 0.3) is 5.56 Å². The van der Waals surface area contributed by atoms with Crippen LogP contribution in [-0.2, 0) is 11.3 Å². The average molecular weight is 283 g/mol. The Hall–Kier alpha value is -2.96. The van der Waals surface area contributed by atoms with Crippen LogP contribution in [0.4, 0.5) is 0 Å². The van der Waals surface area contributed by atoms with E-state index < -0.39 is 11.5 Å². The topological polar surface area (TPSA) is 95.8 Å². The molecule has 1 aromatic carbocycles. The summed E-state index contributed by atoms with van der Waals surface area (Å²) < 4.78 is 2.62. The van der Waals surface area contributed by atoms with Crippen molar-refractivity contribution in [2.75, 3.05) is 0 Å². The fourth-order valence-corrected chi connectivity index (χ4v) is 2.24. The highest BCUT2D eigenvalue weighted by Crippen LogP contribution is 2.16. The molecule has 0 radical (unpaired) electrons. The number of primary amides is 1. The molecular formula is C14H13N5O2. The van der Waals surface area contributed by atoms with Gasteiger partial charge in [0, 0.05) is 5.39 Å². The van der Waals surface area contributed by atoms with E-state index in [0.717, 1.165) is 10.4 Å². The molecular weight excluding hydrogens is 270 g/mol. The lowest BCUT2D eigenvalue weighted by atomic mass is 10.2. The lowest BCUT2D eigenvalue weighted by Gasteiger charge is -2.06. The normalized spacial score (nSPS) is 10.9. The van der Waals surface area contributed by atoms with Gasteiger partial charge in [0.05, 0.1) is 17.6 Å². The van der Waals surface area contributed by atoms with Gasteiger partial charge >= 0.3 is 0 Å². The van der Waals surface area contributed by atoms with Crippen LogP contribution in [0.2, 0.25) is 0 Å². The Morgan fingerprint density at radius 3 is 2.67 bits per heavy atom. The summed E-state index contributed by atoms with van der Waals surface area (Å²) in [5.74, 6) is -0.617. The number of amides is 1. The Morgan fingerprint density at radius 1 is 1.29 bits per heavy atom. The highest BCUT2D eigenvalue weighted by atomic mass is 16.2. The summed E-state index contributed by atoms with van der Waals surface area (Å²) in [6.45, 7) is 1.51. The van der Waals surface area contributed by atoms with Gasteiger partial charge in [0.15, 0.2) is 0 Å². The third-order valence-corrected chi connectivity index (χ3v) is 3.17. The zero-order valence-electron chi connectivity index (χ0n) is 11.4. The average Bonchev–Trinajstić information content (AvgIpc) is 2.90. The van der Waals surface area contributed by atoms with E-state index in [0.29, 0.717) is 16.6 Å². The van der Waals surface area contributed by atoms with Crippen LogP contribution >= 0.6 is 0 Å². The SMILES string of the molecule is Cc1nn(CC(N)=O)c(=O)c2c1cnn2-c1ccccc1. The van der Waals surface area contributed by atoms with Crippen molar-refractivity contribution in [3.63, 3.8) is 0 Å². The van der Waals surface area contributed by atoms with Crippen molar-refractivity contribution in [3.8, 4) is 5.69 Å². The molecule has 0 atom stereocenters. The van der Waals surface area contributed by atoms with Crippen molar-refractivity contribution in [2.24, 2.45) is 5.73 Å². The molecule has 0 fully saturated rings. The van der Waals surface area contributed by atoms with Crippen LogP contribution in [0.25, 0.3) is 16.6 Å². The molecule has 3 rings (SSSR count). The summed E-state index contributed by atoms with van der Waals surface area (Å²) in [6, 6.07) is 9.30. The zero-order chi connectivity index (χ0) is 15.0. The van der Waals surface area contributed by atoms with Gasteiger partial charge in [-0.15, -0.1) is 0 Å². The van der Waals surface area contributed by atoms with Gasteiger partial charge in [-0.3, -0.25) is 9.59 Å². The molecule has 0 aliphatic heterocycles. The van der Waals surface area contributed by atoms with Crippen LogP contribution in [0, 0.1) is 6.92 Å². The molecule has 2 N–H and O–H groups in total. The van der Waals surface area contributed by atoms with E-state index in [1.54, 1.807) is 17.8 Å². The molecule has 7 nitrogen and oxygen atoms in total. The van der Waals surface area contributed by atoms with Crippen LogP contribution in [0.1, 0.15) is 5.69 Å². The van der Waals surface area contributed by atoms with Crippen molar-refractivity contribution < 1.29 is 4.79 Å². The first-order chi connectivity index (χ1) is 10.1.